The molecule has 2 unspecified atom stereocenters. The van der Waals surface area contributed by atoms with E-state index in [9.17, 15) is 4.79 Å². The molecule has 11 heteroatoms. The van der Waals surface area contributed by atoms with Crippen LogP contribution in [0.3, 0.4) is 0 Å². The molecule has 212 valence electrons. The van der Waals surface area contributed by atoms with E-state index in [1.165, 1.54) is 11.3 Å². The van der Waals surface area contributed by atoms with Crippen molar-refractivity contribution in [2.24, 2.45) is 4.99 Å². The van der Waals surface area contributed by atoms with Gasteiger partial charge in [0.2, 0.25) is 0 Å². The molecule has 4 aliphatic rings. The summed E-state index contributed by atoms with van der Waals surface area (Å²) < 4.78 is 7.32. The number of aromatic nitrogens is 5. The van der Waals surface area contributed by atoms with Crippen molar-refractivity contribution in [3.05, 3.63) is 64.8 Å². The van der Waals surface area contributed by atoms with Crippen molar-refractivity contribution in [1.82, 2.24) is 29.7 Å². The van der Waals surface area contributed by atoms with Crippen LogP contribution >= 0.6 is 0 Å². The fourth-order valence-corrected chi connectivity index (χ4v) is 7.07. The summed E-state index contributed by atoms with van der Waals surface area (Å²) in [6.45, 7) is 0.348. The molecule has 3 aliphatic heterocycles. The van der Waals surface area contributed by atoms with Crippen LogP contribution in [0.4, 0.5) is 11.6 Å². The maximum absolute atomic E-state index is 13.3. The van der Waals surface area contributed by atoms with Gasteiger partial charge in [0.25, 0.3) is 5.91 Å². The largest absolute Gasteiger partial charge is 0.383 e. The molecule has 2 saturated heterocycles. The number of rotatable bonds is 6. The first-order chi connectivity index (χ1) is 20.0. The number of carbonyl (C=O) groups is 1. The fourth-order valence-electron chi connectivity index (χ4n) is 7.07. The minimum atomic E-state index is -0.0394. The van der Waals surface area contributed by atoms with Gasteiger partial charge < -0.3 is 21.1 Å². The van der Waals surface area contributed by atoms with Crippen molar-refractivity contribution in [2.45, 2.75) is 76.0 Å². The van der Waals surface area contributed by atoms with E-state index in [1.54, 1.807) is 17.7 Å². The summed E-state index contributed by atoms with van der Waals surface area (Å²) in [4.78, 5) is 25.4. The molecule has 2 fully saturated rings. The summed E-state index contributed by atoms with van der Waals surface area (Å²) in [6.07, 6.45) is 17.8. The van der Waals surface area contributed by atoms with E-state index < -0.39 is 0 Å². The lowest BCUT2D eigenvalue weighted by atomic mass is 9.85. The summed E-state index contributed by atoms with van der Waals surface area (Å²) >= 11 is 0. The van der Waals surface area contributed by atoms with E-state index >= 15 is 0 Å². The monoisotopic (exact) mass is 553 g/mol. The van der Waals surface area contributed by atoms with Crippen molar-refractivity contribution in [3.63, 3.8) is 0 Å². The Morgan fingerprint density at radius 2 is 1.98 bits per heavy atom. The number of anilines is 2. The van der Waals surface area contributed by atoms with Crippen molar-refractivity contribution in [3.8, 4) is 0 Å². The van der Waals surface area contributed by atoms with Gasteiger partial charge in [-0.2, -0.15) is 14.7 Å². The normalized spacial score (nSPS) is 24.0. The minimum Gasteiger partial charge on any atom is -0.383 e. The molecule has 0 radical (unpaired) electrons. The van der Waals surface area contributed by atoms with E-state index in [4.69, 9.17) is 26.2 Å². The Hall–Kier alpha value is -4.25. The molecular formula is C30H35N9O2. The zero-order chi connectivity index (χ0) is 28.1. The molecule has 2 bridgehead atoms. The third-order valence-corrected chi connectivity index (χ3v) is 9.03. The molecule has 2 atom stereocenters. The number of methoxy groups -OCH3 is 1. The van der Waals surface area contributed by atoms with Crippen LogP contribution in [0.1, 0.15) is 84.6 Å². The topological polar surface area (TPSA) is 153 Å². The summed E-state index contributed by atoms with van der Waals surface area (Å²) in [5.41, 5.74) is 20.1. The Labute approximate surface area is 238 Å². The summed E-state index contributed by atoms with van der Waals surface area (Å²) in [5, 5.41) is 11.4. The zero-order valence-electron chi connectivity index (χ0n) is 23.2. The number of piperidine rings is 1. The first-order valence-electron chi connectivity index (χ1n) is 14.4. The second kappa shape index (κ2) is 10.3. The predicted molar refractivity (Wildman–Crippen MR) is 157 cm³/mol. The molecule has 1 amide bonds. The number of ether oxygens (including phenoxy) is 1. The van der Waals surface area contributed by atoms with Crippen LogP contribution < -0.4 is 11.5 Å². The highest BCUT2D eigenvalue weighted by molar-refractivity contribution is 6.03. The number of allylic oxidation sites excluding steroid dienone is 5. The van der Waals surface area contributed by atoms with E-state index in [0.29, 0.717) is 23.9 Å². The molecule has 6 heterocycles. The lowest BCUT2D eigenvalue weighted by Crippen LogP contribution is -2.46. The number of H-pyrrole nitrogens is 1. The van der Waals surface area contributed by atoms with Crippen LogP contribution in [0.15, 0.2) is 47.3 Å². The van der Waals surface area contributed by atoms with E-state index in [0.717, 1.165) is 79.4 Å². The maximum Gasteiger partial charge on any atom is 0.272 e. The Kier molecular flexibility index (Phi) is 6.45. The van der Waals surface area contributed by atoms with Crippen molar-refractivity contribution < 1.29 is 9.53 Å². The van der Waals surface area contributed by atoms with Crippen LogP contribution in [0.25, 0.3) is 11.2 Å². The fraction of sp³-hybridized carbons (Fsp3) is 0.433. The highest BCUT2D eigenvalue weighted by Crippen LogP contribution is 2.45. The smallest absolute Gasteiger partial charge is 0.272 e. The minimum absolute atomic E-state index is 0.0394. The lowest BCUT2D eigenvalue weighted by Gasteiger charge is -2.39. The molecule has 0 aromatic carbocycles. The summed E-state index contributed by atoms with van der Waals surface area (Å²) in [7, 11) is 1.67. The van der Waals surface area contributed by atoms with Gasteiger partial charge in [0.15, 0.2) is 5.65 Å². The third-order valence-electron chi connectivity index (χ3n) is 9.03. The van der Waals surface area contributed by atoms with Crippen molar-refractivity contribution in [1.29, 1.82) is 0 Å². The number of fused-ring (bicyclic) bond motifs is 3. The number of nitrogens with zero attached hydrogens (tertiary/aromatic N) is 6. The number of hydrogen-bond acceptors (Lipinski definition) is 8. The number of carbonyl (C=O) groups excluding carboxylic acids is 1. The molecular weight excluding hydrogens is 518 g/mol. The van der Waals surface area contributed by atoms with Gasteiger partial charge in [-0.25, -0.2) is 4.98 Å². The molecule has 1 aliphatic carbocycles. The average Bonchev–Trinajstić information content (AvgIpc) is 3.70. The highest BCUT2D eigenvalue weighted by Gasteiger charge is 2.45. The number of nitrogens with two attached hydrogens (primary N) is 2. The standard InChI is InChI=1S/C30H35N9O2/c1-41-16-23-27(19-11-20-8-9-21(12-19)38(20)30(40)25-13-26(31)37-36-25)35-29-22(15-34-39(29)28(23)32)18-7-10-24(33-14-18)17-5-3-2-4-6-17/h2-3,5,13-15,19-21H,4,6-12,16,32H2,1H3,(H3,31,36,37). The molecule has 11 nitrogen and oxygen atoms in total. The Morgan fingerprint density at radius 1 is 1.15 bits per heavy atom. The van der Waals surface area contributed by atoms with E-state index in [2.05, 4.69) is 33.5 Å². The molecule has 5 N–H and O–H groups in total. The predicted octanol–water partition coefficient (Wildman–Crippen LogP) is 4.17. The van der Waals surface area contributed by atoms with Gasteiger partial charge in [-0.05, 0) is 62.5 Å². The van der Waals surface area contributed by atoms with Crippen molar-refractivity contribution >= 4 is 34.5 Å². The van der Waals surface area contributed by atoms with Gasteiger partial charge in [0, 0.05) is 54.2 Å². The molecule has 3 aromatic heterocycles. The van der Waals surface area contributed by atoms with Crippen LogP contribution in [0, 0.1) is 0 Å². The third kappa shape index (κ3) is 4.44. The number of amides is 1. The maximum atomic E-state index is 13.3. The van der Waals surface area contributed by atoms with Crippen LogP contribution in [-0.4, -0.2) is 60.5 Å². The first kappa shape index (κ1) is 25.7. The molecule has 41 heavy (non-hydrogen) atoms. The van der Waals surface area contributed by atoms with Gasteiger partial charge in [-0.3, -0.25) is 14.9 Å². The van der Waals surface area contributed by atoms with Gasteiger partial charge in [-0.1, -0.05) is 18.2 Å². The number of hydrogen-bond donors (Lipinski definition) is 3. The molecule has 7 rings (SSSR count). The van der Waals surface area contributed by atoms with Crippen LogP contribution in [0.2, 0.25) is 0 Å². The van der Waals surface area contributed by atoms with Crippen molar-refractivity contribution in [2.75, 3.05) is 18.6 Å². The lowest BCUT2D eigenvalue weighted by molar-refractivity contribution is 0.0562. The quantitative estimate of drug-likeness (QED) is 0.414. The van der Waals surface area contributed by atoms with Gasteiger partial charge >= 0.3 is 0 Å². The van der Waals surface area contributed by atoms with E-state index in [1.807, 2.05) is 17.3 Å². The van der Waals surface area contributed by atoms with Gasteiger partial charge in [0.1, 0.15) is 17.3 Å². The summed E-state index contributed by atoms with van der Waals surface area (Å²) in [6, 6.07) is 1.85. The number of aliphatic imine (C=N–C) groups is 1. The Morgan fingerprint density at radius 3 is 2.63 bits per heavy atom. The molecule has 0 saturated carbocycles. The second-order valence-corrected chi connectivity index (χ2v) is 11.4. The molecule has 0 spiro atoms. The van der Waals surface area contributed by atoms with Gasteiger partial charge in [-0.15, -0.1) is 0 Å². The first-order valence-corrected chi connectivity index (χ1v) is 14.4. The number of nitrogens with one attached hydrogen (secondary N) is 1. The number of aromatic amines is 1. The Bertz CT molecular complexity index is 1630. The number of nitrogen functional groups attached to an aromatic ring is 2. The van der Waals surface area contributed by atoms with Gasteiger partial charge in [0.05, 0.1) is 18.5 Å². The zero-order valence-corrected chi connectivity index (χ0v) is 23.2. The molecule has 3 aromatic rings. The summed E-state index contributed by atoms with van der Waals surface area (Å²) in [5.74, 6) is 0.988. The second-order valence-electron chi connectivity index (χ2n) is 11.4. The Balaban J connectivity index is 1.22. The SMILES string of the molecule is COCc1c(C2CC3CCC(C2)N3C(=O)c2cc(N)n[nH]2)nc2c(C3=CN=C(C4=CC=CCC4)CC3)cnn2c1N. The van der Waals surface area contributed by atoms with Crippen LogP contribution in [-0.2, 0) is 11.3 Å². The highest BCUT2D eigenvalue weighted by atomic mass is 16.5. The van der Waals surface area contributed by atoms with Crippen LogP contribution in [0.5, 0.6) is 0 Å². The average molecular weight is 554 g/mol. The van der Waals surface area contributed by atoms with E-state index in [-0.39, 0.29) is 23.9 Å².